The summed E-state index contributed by atoms with van der Waals surface area (Å²) in [5.74, 6) is 0.762. The minimum absolute atomic E-state index is 0.0663. The third kappa shape index (κ3) is 7.73. The Labute approximate surface area is 173 Å². The fourth-order valence-electron chi connectivity index (χ4n) is 3.54. The first-order chi connectivity index (χ1) is 13.9. The summed E-state index contributed by atoms with van der Waals surface area (Å²) in [5, 5.41) is 6.31. The van der Waals surface area contributed by atoms with Crippen LogP contribution in [0, 0.1) is 5.92 Å². The van der Waals surface area contributed by atoms with Gasteiger partial charge in [-0.05, 0) is 50.6 Å². The zero-order valence-corrected chi connectivity index (χ0v) is 17.8. The average Bonchev–Trinajstić information content (AvgIpc) is 2.68. The van der Waals surface area contributed by atoms with Gasteiger partial charge in [0.05, 0.1) is 0 Å². The number of guanidine groups is 1. The normalized spacial score (nSPS) is 17.3. The van der Waals surface area contributed by atoms with Gasteiger partial charge in [-0.3, -0.25) is 14.6 Å². The van der Waals surface area contributed by atoms with E-state index in [0.29, 0.717) is 25.1 Å². The molecule has 1 atom stereocenters. The van der Waals surface area contributed by atoms with Crippen LogP contribution < -0.4 is 16.4 Å². The molecule has 2 rings (SSSR count). The van der Waals surface area contributed by atoms with E-state index in [1.165, 1.54) is 0 Å². The van der Waals surface area contributed by atoms with Crippen molar-refractivity contribution in [2.45, 2.75) is 25.8 Å². The van der Waals surface area contributed by atoms with Crippen LogP contribution in [0.2, 0.25) is 0 Å². The van der Waals surface area contributed by atoms with Crippen molar-refractivity contribution in [3.63, 3.8) is 0 Å². The van der Waals surface area contributed by atoms with Gasteiger partial charge >= 0.3 is 0 Å². The van der Waals surface area contributed by atoms with Crippen LogP contribution in [0.1, 0.15) is 35.2 Å². The molecule has 0 aromatic heterocycles. The molecule has 1 fully saturated rings. The van der Waals surface area contributed by atoms with Crippen LogP contribution in [0.25, 0.3) is 0 Å². The van der Waals surface area contributed by atoms with E-state index in [0.717, 1.165) is 44.0 Å². The zero-order valence-electron chi connectivity index (χ0n) is 17.8. The molecule has 0 spiro atoms. The van der Waals surface area contributed by atoms with Gasteiger partial charge < -0.3 is 26.2 Å². The highest BCUT2D eigenvalue weighted by atomic mass is 16.2. The number of benzene rings is 1. The van der Waals surface area contributed by atoms with Gasteiger partial charge in [0.15, 0.2) is 5.96 Å². The lowest BCUT2D eigenvalue weighted by Crippen LogP contribution is -2.46. The van der Waals surface area contributed by atoms with Crippen molar-refractivity contribution in [3.8, 4) is 0 Å². The van der Waals surface area contributed by atoms with E-state index >= 15 is 0 Å². The molecule has 1 heterocycles. The van der Waals surface area contributed by atoms with Gasteiger partial charge in [-0.25, -0.2) is 0 Å². The summed E-state index contributed by atoms with van der Waals surface area (Å²) in [4.78, 5) is 32.1. The van der Waals surface area contributed by atoms with Crippen LogP contribution in [0.3, 0.4) is 0 Å². The Bertz CT molecular complexity index is 719. The maximum atomic E-state index is 12.3. The highest BCUT2D eigenvalue weighted by Crippen LogP contribution is 2.19. The number of carbonyl (C=O) groups is 2. The number of nitrogens with two attached hydrogens (primary N) is 1. The van der Waals surface area contributed by atoms with E-state index in [-0.39, 0.29) is 17.7 Å². The van der Waals surface area contributed by atoms with Crippen molar-refractivity contribution in [1.82, 2.24) is 20.4 Å². The Balaban J connectivity index is 1.90. The molecule has 1 aliphatic heterocycles. The number of piperidine rings is 1. The Hall–Kier alpha value is -2.61. The monoisotopic (exact) mass is 402 g/mol. The Morgan fingerprint density at radius 2 is 2.10 bits per heavy atom. The minimum Gasteiger partial charge on any atom is -0.370 e. The summed E-state index contributed by atoms with van der Waals surface area (Å²) in [6, 6.07) is 7.60. The number of likely N-dealkylation sites (N-methyl/N-ethyl adjacent to an activating group) is 1. The fraction of sp³-hybridized carbons (Fsp3) is 0.571. The molecule has 0 saturated carbocycles. The van der Waals surface area contributed by atoms with Crippen LogP contribution in [-0.2, 0) is 11.3 Å². The Kier molecular flexibility index (Phi) is 8.92. The van der Waals surface area contributed by atoms with Crippen LogP contribution in [0.4, 0.5) is 0 Å². The van der Waals surface area contributed by atoms with Crippen LogP contribution in [-0.4, -0.2) is 74.9 Å². The molecule has 4 N–H and O–H groups in total. The number of rotatable bonds is 8. The number of carbonyl (C=O) groups excluding carboxylic acids is 2. The number of likely N-dealkylation sites (tertiary alicyclic amines) is 1. The van der Waals surface area contributed by atoms with Crippen molar-refractivity contribution < 1.29 is 9.59 Å². The van der Waals surface area contributed by atoms with E-state index in [1.54, 1.807) is 7.05 Å². The molecule has 1 unspecified atom stereocenters. The Morgan fingerprint density at radius 3 is 2.79 bits per heavy atom. The lowest BCUT2D eigenvalue weighted by molar-refractivity contribution is -0.119. The molecule has 1 aliphatic rings. The third-order valence-electron chi connectivity index (χ3n) is 5.00. The highest BCUT2D eigenvalue weighted by molar-refractivity contribution is 5.94. The standard InChI is InChI=1S/C21H34N6O2/c1-23-21(27-10-5-7-17(15-27)13-19(22)28)25-14-16-6-4-8-18(12-16)20(29)24-9-11-26(2)3/h4,6,8,12,17H,5,7,9-11,13-15H2,1-3H3,(H2,22,28)(H,23,25)(H,24,29). The molecule has 8 heteroatoms. The second-order valence-electron chi connectivity index (χ2n) is 7.79. The van der Waals surface area contributed by atoms with E-state index in [4.69, 9.17) is 5.73 Å². The van der Waals surface area contributed by atoms with Gasteiger partial charge in [-0.1, -0.05) is 12.1 Å². The molecule has 0 aliphatic carbocycles. The molecule has 1 aromatic carbocycles. The molecule has 1 aromatic rings. The van der Waals surface area contributed by atoms with Crippen molar-refractivity contribution in [2.75, 3.05) is 47.3 Å². The van der Waals surface area contributed by atoms with Crippen molar-refractivity contribution >= 4 is 17.8 Å². The minimum atomic E-state index is -0.250. The number of amides is 2. The topological polar surface area (TPSA) is 103 Å². The number of nitrogens with one attached hydrogen (secondary N) is 2. The Morgan fingerprint density at radius 1 is 1.31 bits per heavy atom. The first kappa shape index (κ1) is 22.7. The largest absolute Gasteiger partial charge is 0.370 e. The van der Waals surface area contributed by atoms with Gasteiger partial charge in [0.2, 0.25) is 5.91 Å². The fourth-order valence-corrected chi connectivity index (χ4v) is 3.54. The number of nitrogens with zero attached hydrogens (tertiary/aromatic N) is 3. The number of aliphatic imine (C=N–C) groups is 1. The summed E-state index contributed by atoms with van der Waals surface area (Å²) < 4.78 is 0. The van der Waals surface area contributed by atoms with Gasteiger partial charge in [-0.2, -0.15) is 0 Å². The van der Waals surface area contributed by atoms with Gasteiger partial charge in [0, 0.05) is 51.8 Å². The summed E-state index contributed by atoms with van der Waals surface area (Å²) in [5.41, 5.74) is 7.02. The van der Waals surface area contributed by atoms with E-state index in [9.17, 15) is 9.59 Å². The zero-order chi connectivity index (χ0) is 21.2. The van der Waals surface area contributed by atoms with E-state index < -0.39 is 0 Å². The molecule has 8 nitrogen and oxygen atoms in total. The predicted octanol–water partition coefficient (Wildman–Crippen LogP) is 0.641. The van der Waals surface area contributed by atoms with Crippen LogP contribution >= 0.6 is 0 Å². The first-order valence-corrected chi connectivity index (χ1v) is 10.1. The van der Waals surface area contributed by atoms with Crippen LogP contribution in [0.5, 0.6) is 0 Å². The SMILES string of the molecule is CN=C(NCc1cccc(C(=O)NCCN(C)C)c1)N1CCCC(CC(N)=O)C1. The maximum absolute atomic E-state index is 12.3. The number of hydrogen-bond acceptors (Lipinski definition) is 4. The molecule has 0 radical (unpaired) electrons. The molecule has 29 heavy (non-hydrogen) atoms. The second-order valence-corrected chi connectivity index (χ2v) is 7.79. The summed E-state index contributed by atoms with van der Waals surface area (Å²) in [6.07, 6.45) is 2.45. The lowest BCUT2D eigenvalue weighted by Gasteiger charge is -2.34. The number of primary amides is 1. The first-order valence-electron chi connectivity index (χ1n) is 10.1. The van der Waals surface area contributed by atoms with E-state index in [2.05, 4.69) is 20.5 Å². The van der Waals surface area contributed by atoms with Gasteiger partial charge in [0.25, 0.3) is 5.91 Å². The molecular formula is C21H34N6O2. The van der Waals surface area contributed by atoms with Gasteiger partial charge in [-0.15, -0.1) is 0 Å². The van der Waals surface area contributed by atoms with Crippen molar-refractivity contribution in [2.24, 2.45) is 16.6 Å². The molecule has 0 bridgehead atoms. The molecular weight excluding hydrogens is 368 g/mol. The average molecular weight is 403 g/mol. The lowest BCUT2D eigenvalue weighted by atomic mass is 9.95. The van der Waals surface area contributed by atoms with Crippen molar-refractivity contribution in [1.29, 1.82) is 0 Å². The van der Waals surface area contributed by atoms with Gasteiger partial charge in [0.1, 0.15) is 0 Å². The third-order valence-corrected chi connectivity index (χ3v) is 5.00. The molecule has 160 valence electrons. The predicted molar refractivity (Wildman–Crippen MR) is 116 cm³/mol. The summed E-state index contributed by atoms with van der Waals surface area (Å²) in [6.45, 7) is 3.67. The second kappa shape index (κ2) is 11.4. The summed E-state index contributed by atoms with van der Waals surface area (Å²) >= 11 is 0. The van der Waals surface area contributed by atoms with Crippen molar-refractivity contribution in [3.05, 3.63) is 35.4 Å². The quantitative estimate of drug-likeness (QED) is 0.437. The smallest absolute Gasteiger partial charge is 0.251 e. The molecule has 2 amide bonds. The summed E-state index contributed by atoms with van der Waals surface area (Å²) in [7, 11) is 5.71. The maximum Gasteiger partial charge on any atom is 0.251 e. The molecule has 1 saturated heterocycles. The highest BCUT2D eigenvalue weighted by Gasteiger charge is 2.23. The van der Waals surface area contributed by atoms with E-state index in [1.807, 2.05) is 43.3 Å². The van der Waals surface area contributed by atoms with Crippen LogP contribution in [0.15, 0.2) is 29.3 Å². The number of hydrogen-bond donors (Lipinski definition) is 3.